The molecule has 0 unspecified atom stereocenters. The number of hydrogen-bond acceptors (Lipinski definition) is 2. The number of halogens is 4. The van der Waals surface area contributed by atoms with Crippen molar-refractivity contribution < 1.29 is 9.13 Å². The van der Waals surface area contributed by atoms with E-state index in [1.54, 1.807) is 24.3 Å². The van der Waals surface area contributed by atoms with Crippen molar-refractivity contribution in [1.29, 1.82) is 0 Å². The molecule has 0 aliphatic heterocycles. The van der Waals surface area contributed by atoms with Crippen LogP contribution in [-0.2, 0) is 19.6 Å². The van der Waals surface area contributed by atoms with Crippen LogP contribution in [0, 0.1) is 5.82 Å². The van der Waals surface area contributed by atoms with Gasteiger partial charge in [-0.1, -0.05) is 53.0 Å². The Bertz CT molecular complexity index is 911. The first-order valence-corrected chi connectivity index (χ1v) is 9.95. The molecule has 0 heterocycles. The molecule has 0 saturated heterocycles. The van der Waals surface area contributed by atoms with Crippen molar-refractivity contribution in [1.82, 2.24) is 5.32 Å². The SMILES string of the molecule is Fc1cccc(Cl)c1COc1ccc(Cl)cc1CNCCc1ccc(Cl)cc1. The number of benzene rings is 3. The maximum atomic E-state index is 13.9. The fourth-order valence-electron chi connectivity index (χ4n) is 2.75. The van der Waals surface area contributed by atoms with E-state index in [9.17, 15) is 4.39 Å². The Morgan fingerprint density at radius 2 is 1.64 bits per heavy atom. The van der Waals surface area contributed by atoms with Crippen molar-refractivity contribution >= 4 is 34.8 Å². The van der Waals surface area contributed by atoms with Gasteiger partial charge < -0.3 is 10.1 Å². The standard InChI is InChI=1S/C22H19Cl3FNO/c23-17-6-4-15(5-7-17)10-11-27-13-16-12-18(24)8-9-22(16)28-14-19-20(25)2-1-3-21(19)26/h1-9,12,27H,10-11,13-14H2. The lowest BCUT2D eigenvalue weighted by Crippen LogP contribution is -2.17. The molecule has 3 aromatic rings. The molecule has 146 valence electrons. The third-order valence-corrected chi connectivity index (χ3v) is 5.12. The zero-order valence-electron chi connectivity index (χ0n) is 15.0. The average Bonchev–Trinajstić information content (AvgIpc) is 2.67. The summed E-state index contributed by atoms with van der Waals surface area (Å²) in [4.78, 5) is 0. The molecule has 28 heavy (non-hydrogen) atoms. The van der Waals surface area contributed by atoms with Gasteiger partial charge in [0.05, 0.1) is 5.02 Å². The predicted octanol–water partition coefficient (Wildman–Crippen LogP) is 6.70. The van der Waals surface area contributed by atoms with E-state index in [1.165, 1.54) is 11.6 Å². The van der Waals surface area contributed by atoms with Crippen molar-refractivity contribution in [2.24, 2.45) is 0 Å². The Hall–Kier alpha value is -1.78. The zero-order valence-corrected chi connectivity index (χ0v) is 17.3. The van der Waals surface area contributed by atoms with Gasteiger partial charge in [-0.05, 0) is 61.0 Å². The smallest absolute Gasteiger partial charge is 0.131 e. The summed E-state index contributed by atoms with van der Waals surface area (Å²) in [7, 11) is 0. The Morgan fingerprint density at radius 3 is 2.39 bits per heavy atom. The third kappa shape index (κ3) is 5.86. The summed E-state index contributed by atoms with van der Waals surface area (Å²) in [6.45, 7) is 1.41. The van der Waals surface area contributed by atoms with Crippen LogP contribution >= 0.6 is 34.8 Å². The van der Waals surface area contributed by atoms with E-state index < -0.39 is 0 Å². The van der Waals surface area contributed by atoms with Gasteiger partial charge in [0.1, 0.15) is 18.2 Å². The molecule has 0 aliphatic carbocycles. The Labute approximate surface area is 179 Å². The molecule has 6 heteroatoms. The molecule has 0 aromatic heterocycles. The zero-order chi connectivity index (χ0) is 19.9. The van der Waals surface area contributed by atoms with Crippen LogP contribution in [0.2, 0.25) is 15.1 Å². The highest BCUT2D eigenvalue weighted by Gasteiger charge is 2.10. The molecule has 0 bridgehead atoms. The van der Waals surface area contributed by atoms with Gasteiger partial charge in [0, 0.05) is 27.7 Å². The fraction of sp³-hybridized carbons (Fsp3) is 0.182. The van der Waals surface area contributed by atoms with Crippen molar-refractivity contribution in [2.45, 2.75) is 19.6 Å². The number of rotatable bonds is 8. The van der Waals surface area contributed by atoms with Gasteiger partial charge in [-0.2, -0.15) is 0 Å². The summed E-state index contributed by atoms with van der Waals surface area (Å²) in [5, 5.41) is 5.07. The normalized spacial score (nSPS) is 10.9. The molecule has 1 N–H and O–H groups in total. The van der Waals surface area contributed by atoms with Crippen molar-refractivity contribution in [3.8, 4) is 5.75 Å². The molecule has 0 spiro atoms. The van der Waals surface area contributed by atoms with Crippen LogP contribution in [0.1, 0.15) is 16.7 Å². The van der Waals surface area contributed by atoms with Crippen molar-refractivity contribution in [2.75, 3.05) is 6.54 Å². The first-order valence-electron chi connectivity index (χ1n) is 8.82. The molecule has 3 aromatic carbocycles. The van der Waals surface area contributed by atoms with E-state index in [0.717, 1.165) is 23.6 Å². The number of ether oxygens (including phenoxy) is 1. The van der Waals surface area contributed by atoms with Gasteiger partial charge >= 0.3 is 0 Å². The Balaban J connectivity index is 1.59. The lowest BCUT2D eigenvalue weighted by molar-refractivity contribution is 0.296. The highest BCUT2D eigenvalue weighted by atomic mass is 35.5. The van der Waals surface area contributed by atoms with E-state index in [0.29, 0.717) is 27.9 Å². The molecule has 0 fully saturated rings. The van der Waals surface area contributed by atoms with Gasteiger partial charge in [0.2, 0.25) is 0 Å². The molecular formula is C22H19Cl3FNO. The summed E-state index contributed by atoms with van der Waals surface area (Å²) >= 11 is 18.1. The minimum absolute atomic E-state index is 0.0465. The highest BCUT2D eigenvalue weighted by Crippen LogP contribution is 2.26. The summed E-state index contributed by atoms with van der Waals surface area (Å²) in [5.74, 6) is 0.256. The Kier molecular flexibility index (Phi) is 7.57. The second-order valence-corrected chi connectivity index (χ2v) is 7.57. The van der Waals surface area contributed by atoms with Crippen LogP contribution in [0.4, 0.5) is 4.39 Å². The van der Waals surface area contributed by atoms with Crippen molar-refractivity contribution in [3.63, 3.8) is 0 Å². The van der Waals surface area contributed by atoms with Gasteiger partial charge in [0.25, 0.3) is 0 Å². The third-order valence-electron chi connectivity index (χ3n) is 4.28. The van der Waals surface area contributed by atoms with Gasteiger partial charge in [-0.3, -0.25) is 0 Å². The lowest BCUT2D eigenvalue weighted by atomic mass is 10.1. The minimum atomic E-state index is -0.385. The molecule has 0 atom stereocenters. The molecule has 0 saturated carbocycles. The summed E-state index contributed by atoms with van der Waals surface area (Å²) in [6, 6.07) is 17.7. The van der Waals surface area contributed by atoms with Crippen LogP contribution in [0.3, 0.4) is 0 Å². The van der Waals surface area contributed by atoms with Crippen LogP contribution < -0.4 is 10.1 Å². The van der Waals surface area contributed by atoms with E-state index in [1.807, 2.05) is 30.3 Å². The molecule has 2 nitrogen and oxygen atoms in total. The van der Waals surface area contributed by atoms with Crippen LogP contribution in [0.5, 0.6) is 5.75 Å². The van der Waals surface area contributed by atoms with E-state index >= 15 is 0 Å². The van der Waals surface area contributed by atoms with E-state index in [2.05, 4.69) is 5.32 Å². The van der Waals surface area contributed by atoms with Crippen molar-refractivity contribution in [3.05, 3.63) is 98.2 Å². The molecular weight excluding hydrogens is 420 g/mol. The molecule has 0 amide bonds. The largest absolute Gasteiger partial charge is 0.488 e. The average molecular weight is 439 g/mol. The molecule has 0 radical (unpaired) electrons. The number of hydrogen-bond donors (Lipinski definition) is 1. The van der Waals surface area contributed by atoms with Crippen LogP contribution in [-0.4, -0.2) is 6.54 Å². The van der Waals surface area contributed by atoms with E-state index in [-0.39, 0.29) is 12.4 Å². The quantitative estimate of drug-likeness (QED) is 0.395. The van der Waals surface area contributed by atoms with Gasteiger partial charge in [-0.25, -0.2) is 4.39 Å². The monoisotopic (exact) mass is 437 g/mol. The van der Waals surface area contributed by atoms with Crippen LogP contribution in [0.15, 0.2) is 60.7 Å². The topological polar surface area (TPSA) is 21.3 Å². The second kappa shape index (κ2) is 10.1. The highest BCUT2D eigenvalue weighted by molar-refractivity contribution is 6.31. The van der Waals surface area contributed by atoms with Gasteiger partial charge in [-0.15, -0.1) is 0 Å². The number of nitrogens with one attached hydrogen (secondary N) is 1. The molecule has 3 rings (SSSR count). The van der Waals surface area contributed by atoms with Gasteiger partial charge in [0.15, 0.2) is 0 Å². The second-order valence-electron chi connectivity index (χ2n) is 6.29. The Morgan fingerprint density at radius 1 is 0.893 bits per heavy atom. The first kappa shape index (κ1) is 20.9. The maximum Gasteiger partial charge on any atom is 0.131 e. The lowest BCUT2D eigenvalue weighted by Gasteiger charge is -2.14. The summed E-state index contributed by atoms with van der Waals surface area (Å²) in [6.07, 6.45) is 0.874. The summed E-state index contributed by atoms with van der Waals surface area (Å²) < 4.78 is 19.8. The first-order chi connectivity index (χ1) is 13.5. The molecule has 0 aliphatic rings. The minimum Gasteiger partial charge on any atom is -0.488 e. The summed E-state index contributed by atoms with van der Waals surface area (Å²) in [5.41, 5.74) is 2.44. The van der Waals surface area contributed by atoms with Crippen LogP contribution in [0.25, 0.3) is 0 Å². The fourth-order valence-corrected chi connectivity index (χ4v) is 3.29. The van der Waals surface area contributed by atoms with E-state index in [4.69, 9.17) is 39.5 Å². The predicted molar refractivity (Wildman–Crippen MR) is 114 cm³/mol. The maximum absolute atomic E-state index is 13.9.